The number of amides is 1. The fraction of sp³-hybridized carbons (Fsp3) is 0.333. The van der Waals surface area contributed by atoms with Crippen molar-refractivity contribution in [3.63, 3.8) is 0 Å². The number of Topliss-reactive ketones (excluding diaryl/α,β-unsaturated/α-hetero) is 1. The van der Waals surface area contributed by atoms with Crippen LogP contribution in [0.15, 0.2) is 54.1 Å². The van der Waals surface area contributed by atoms with Crippen LogP contribution in [0.25, 0.3) is 5.76 Å². The second-order valence-corrected chi connectivity index (χ2v) is 7.83. The summed E-state index contributed by atoms with van der Waals surface area (Å²) in [4.78, 5) is 29.6. The maximum absolute atomic E-state index is 14.8. The zero-order valence-corrected chi connectivity index (χ0v) is 17.9. The summed E-state index contributed by atoms with van der Waals surface area (Å²) in [6.45, 7) is 4.19. The lowest BCUT2D eigenvalue weighted by Gasteiger charge is -2.31. The van der Waals surface area contributed by atoms with Gasteiger partial charge in [-0.2, -0.15) is 0 Å². The molecule has 8 heteroatoms. The molecule has 0 bridgehead atoms. The van der Waals surface area contributed by atoms with Crippen molar-refractivity contribution in [2.24, 2.45) is 0 Å². The van der Waals surface area contributed by atoms with Crippen LogP contribution in [0.5, 0.6) is 5.75 Å². The molecule has 2 aliphatic rings. The summed E-state index contributed by atoms with van der Waals surface area (Å²) in [7, 11) is 1.52. The van der Waals surface area contributed by atoms with Crippen LogP contribution in [0.4, 0.5) is 4.39 Å². The van der Waals surface area contributed by atoms with Crippen LogP contribution in [-0.4, -0.2) is 73.0 Å². The normalized spacial score (nSPS) is 21.2. The molecule has 2 fully saturated rings. The van der Waals surface area contributed by atoms with Gasteiger partial charge in [-0.1, -0.05) is 18.2 Å². The fourth-order valence-electron chi connectivity index (χ4n) is 4.22. The number of carbonyl (C=O) groups excluding carboxylic acids is 2. The Hall–Kier alpha value is -3.23. The quantitative estimate of drug-likeness (QED) is 0.408. The van der Waals surface area contributed by atoms with Gasteiger partial charge in [0.15, 0.2) is 0 Å². The van der Waals surface area contributed by atoms with E-state index in [4.69, 9.17) is 4.74 Å². The van der Waals surface area contributed by atoms with Crippen molar-refractivity contribution in [1.82, 2.24) is 15.1 Å². The second kappa shape index (κ2) is 9.50. The van der Waals surface area contributed by atoms with Gasteiger partial charge < -0.3 is 20.1 Å². The number of benzene rings is 2. The Kier molecular flexibility index (Phi) is 6.53. The van der Waals surface area contributed by atoms with Gasteiger partial charge in [-0.3, -0.25) is 14.5 Å². The second-order valence-electron chi connectivity index (χ2n) is 7.83. The average Bonchev–Trinajstić information content (AvgIpc) is 3.08. The molecule has 1 atom stereocenters. The molecular formula is C24H26FN3O4. The van der Waals surface area contributed by atoms with Crippen LogP contribution in [0.2, 0.25) is 0 Å². The first-order valence-electron chi connectivity index (χ1n) is 10.6. The van der Waals surface area contributed by atoms with Crippen molar-refractivity contribution in [2.75, 3.05) is 46.4 Å². The number of hydrogen-bond acceptors (Lipinski definition) is 6. The molecule has 168 valence electrons. The smallest absolute Gasteiger partial charge is 0.295 e. The molecule has 1 amide bonds. The number of ketones is 1. The first-order chi connectivity index (χ1) is 15.5. The van der Waals surface area contributed by atoms with Crippen LogP contribution < -0.4 is 10.1 Å². The number of hydrogen-bond donors (Lipinski definition) is 2. The molecule has 0 saturated carbocycles. The standard InChI is InChI=1S/C24H26FN3O4/c1-32-17-8-6-16(7-9-17)22(29)20-21(18-4-2-3-5-19(18)25)28(24(31)23(20)30)15-14-27-12-10-26-11-13-27/h2-9,21,26,29H,10-15H2,1H3/b22-20+/t21-/m1/s1. The molecule has 32 heavy (non-hydrogen) atoms. The van der Waals surface area contributed by atoms with E-state index in [1.807, 2.05) is 0 Å². The third kappa shape index (κ3) is 4.24. The lowest BCUT2D eigenvalue weighted by atomic mass is 9.95. The predicted molar refractivity (Wildman–Crippen MR) is 118 cm³/mol. The van der Waals surface area contributed by atoms with Crippen LogP contribution in [0, 0.1) is 5.82 Å². The lowest BCUT2D eigenvalue weighted by molar-refractivity contribution is -0.140. The maximum atomic E-state index is 14.8. The fourth-order valence-corrected chi connectivity index (χ4v) is 4.22. The molecule has 7 nitrogen and oxygen atoms in total. The van der Waals surface area contributed by atoms with E-state index >= 15 is 0 Å². The SMILES string of the molecule is COc1ccc(/C(O)=C2\C(=O)C(=O)N(CCN3CCNCC3)[C@@H]2c2ccccc2F)cc1. The van der Waals surface area contributed by atoms with Crippen molar-refractivity contribution in [3.8, 4) is 5.75 Å². The molecule has 2 aromatic carbocycles. The van der Waals surface area contributed by atoms with Crippen molar-refractivity contribution in [3.05, 3.63) is 71.0 Å². The third-order valence-electron chi connectivity index (χ3n) is 5.97. The molecule has 0 radical (unpaired) electrons. The average molecular weight is 439 g/mol. The number of aliphatic hydroxyl groups is 1. The Morgan fingerprint density at radius 2 is 1.78 bits per heavy atom. The minimum Gasteiger partial charge on any atom is -0.507 e. The molecule has 2 N–H and O–H groups in total. The number of carbonyl (C=O) groups is 2. The van der Waals surface area contributed by atoms with E-state index in [1.165, 1.54) is 18.1 Å². The molecule has 0 spiro atoms. The van der Waals surface area contributed by atoms with Gasteiger partial charge in [0.05, 0.1) is 18.7 Å². The van der Waals surface area contributed by atoms with Gasteiger partial charge in [-0.15, -0.1) is 0 Å². The van der Waals surface area contributed by atoms with Crippen molar-refractivity contribution < 1.29 is 23.8 Å². The molecule has 0 aromatic heterocycles. The van der Waals surface area contributed by atoms with Gasteiger partial charge >= 0.3 is 0 Å². The Labute approximate surface area is 186 Å². The third-order valence-corrected chi connectivity index (χ3v) is 5.97. The summed E-state index contributed by atoms with van der Waals surface area (Å²) in [6, 6.07) is 11.5. The van der Waals surface area contributed by atoms with E-state index in [9.17, 15) is 19.1 Å². The van der Waals surface area contributed by atoms with E-state index in [-0.39, 0.29) is 23.4 Å². The summed E-state index contributed by atoms with van der Waals surface area (Å²) in [5.41, 5.74) is 0.430. The molecule has 0 unspecified atom stereocenters. The highest BCUT2D eigenvalue weighted by atomic mass is 19.1. The summed E-state index contributed by atoms with van der Waals surface area (Å²) >= 11 is 0. The first kappa shape index (κ1) is 22.0. The van der Waals surface area contributed by atoms with Gasteiger partial charge in [-0.25, -0.2) is 4.39 Å². The van der Waals surface area contributed by atoms with E-state index in [2.05, 4.69) is 10.2 Å². The number of piperazine rings is 1. The molecule has 2 aromatic rings. The molecular weight excluding hydrogens is 413 g/mol. The Balaban J connectivity index is 1.74. The molecule has 0 aliphatic carbocycles. The number of halogens is 1. The minimum atomic E-state index is -0.999. The van der Waals surface area contributed by atoms with Crippen LogP contribution in [-0.2, 0) is 9.59 Å². The minimum absolute atomic E-state index is 0.106. The van der Waals surface area contributed by atoms with Gasteiger partial charge in [0.2, 0.25) is 0 Å². The highest BCUT2D eigenvalue weighted by molar-refractivity contribution is 6.46. The molecule has 2 aliphatic heterocycles. The van der Waals surface area contributed by atoms with Gasteiger partial charge in [0, 0.05) is 50.4 Å². The summed E-state index contributed by atoms with van der Waals surface area (Å²) in [5.74, 6) is -1.82. The van der Waals surface area contributed by atoms with E-state index in [0.29, 0.717) is 17.9 Å². The maximum Gasteiger partial charge on any atom is 0.295 e. The van der Waals surface area contributed by atoms with Gasteiger partial charge in [0.1, 0.15) is 17.3 Å². The highest BCUT2D eigenvalue weighted by Crippen LogP contribution is 2.40. The van der Waals surface area contributed by atoms with Crippen LogP contribution in [0.1, 0.15) is 17.2 Å². The predicted octanol–water partition coefficient (Wildman–Crippen LogP) is 2.16. The molecule has 4 rings (SSSR count). The Morgan fingerprint density at radius 3 is 2.44 bits per heavy atom. The van der Waals surface area contributed by atoms with E-state index < -0.39 is 23.5 Å². The lowest BCUT2D eigenvalue weighted by Crippen LogP contribution is -2.46. The monoisotopic (exact) mass is 439 g/mol. The van der Waals surface area contributed by atoms with Crippen LogP contribution in [0.3, 0.4) is 0 Å². The zero-order chi connectivity index (χ0) is 22.7. The number of rotatable bonds is 6. The van der Waals surface area contributed by atoms with Gasteiger partial charge in [0.25, 0.3) is 11.7 Å². The number of aliphatic hydroxyl groups excluding tert-OH is 1. The number of nitrogens with zero attached hydrogens (tertiary/aromatic N) is 2. The van der Waals surface area contributed by atoms with Crippen molar-refractivity contribution >= 4 is 17.4 Å². The molecule has 2 saturated heterocycles. The largest absolute Gasteiger partial charge is 0.507 e. The van der Waals surface area contributed by atoms with Crippen molar-refractivity contribution in [1.29, 1.82) is 0 Å². The van der Waals surface area contributed by atoms with E-state index in [0.717, 1.165) is 26.2 Å². The first-order valence-corrected chi connectivity index (χ1v) is 10.6. The summed E-state index contributed by atoms with van der Waals surface area (Å²) in [6.07, 6.45) is 0. The number of nitrogens with one attached hydrogen (secondary N) is 1. The molecule has 2 heterocycles. The Morgan fingerprint density at radius 1 is 1.09 bits per heavy atom. The topological polar surface area (TPSA) is 82.1 Å². The number of methoxy groups -OCH3 is 1. The van der Waals surface area contributed by atoms with E-state index in [1.54, 1.807) is 42.5 Å². The highest BCUT2D eigenvalue weighted by Gasteiger charge is 2.46. The summed E-state index contributed by atoms with van der Waals surface area (Å²) in [5, 5.41) is 14.3. The zero-order valence-electron chi connectivity index (χ0n) is 17.9. The summed E-state index contributed by atoms with van der Waals surface area (Å²) < 4.78 is 20.0. The Bertz CT molecular complexity index is 1030. The van der Waals surface area contributed by atoms with Crippen LogP contribution >= 0.6 is 0 Å². The number of likely N-dealkylation sites (tertiary alicyclic amines) is 1. The van der Waals surface area contributed by atoms with Gasteiger partial charge in [-0.05, 0) is 30.3 Å². The number of ether oxygens (including phenoxy) is 1. The van der Waals surface area contributed by atoms with Crippen molar-refractivity contribution in [2.45, 2.75) is 6.04 Å².